The van der Waals surface area contributed by atoms with Gasteiger partial charge in [-0.3, -0.25) is 4.79 Å². The number of methoxy groups -OCH3 is 2. The minimum Gasteiger partial charge on any atom is -0.618 e. The van der Waals surface area contributed by atoms with Crippen LogP contribution in [0.3, 0.4) is 0 Å². The van der Waals surface area contributed by atoms with Crippen LogP contribution in [0.15, 0.2) is 42.5 Å². The van der Waals surface area contributed by atoms with Gasteiger partial charge in [0.05, 0.1) is 25.3 Å². The van der Waals surface area contributed by atoms with E-state index in [0.29, 0.717) is 16.1 Å². The number of nitrogens with zero attached hydrogens (tertiary/aromatic N) is 1. The predicted octanol–water partition coefficient (Wildman–Crippen LogP) is 2.31. The highest BCUT2D eigenvalue weighted by Gasteiger charge is 2.37. The number of carbonyl (C=O) groups is 2. The Bertz CT molecular complexity index is 837. The molecule has 0 saturated heterocycles. The first-order chi connectivity index (χ1) is 11.1. The molecule has 3 rings (SSSR count). The van der Waals surface area contributed by atoms with Gasteiger partial charge in [0.15, 0.2) is 0 Å². The van der Waals surface area contributed by atoms with Gasteiger partial charge in [0, 0.05) is 6.07 Å². The van der Waals surface area contributed by atoms with Crippen molar-refractivity contribution in [2.75, 3.05) is 14.2 Å². The van der Waals surface area contributed by atoms with Crippen molar-refractivity contribution in [2.45, 2.75) is 0 Å². The first-order valence-corrected chi connectivity index (χ1v) is 6.82. The molecule has 0 unspecified atom stereocenters. The average Bonchev–Trinajstić information content (AvgIpc) is 2.85. The fourth-order valence-electron chi connectivity index (χ4n) is 2.47. The lowest BCUT2D eigenvalue weighted by atomic mass is 10.0. The highest BCUT2D eigenvalue weighted by Crippen LogP contribution is 2.29. The number of hydrogen-bond acceptors (Lipinski definition) is 5. The Labute approximate surface area is 132 Å². The standard InChI is InChI=1S/C17H13NO5/c1-22-12-6-3-10(4-7-12)15-16(19)13-8-5-11(17(20)23-2)9-14(13)18(15)21/h3-9H,1-2H3. The Balaban J connectivity index is 2.09. The minimum atomic E-state index is -0.563. The van der Waals surface area contributed by atoms with E-state index in [1.165, 1.54) is 32.4 Å². The van der Waals surface area contributed by atoms with Crippen LogP contribution in [0.1, 0.15) is 26.3 Å². The summed E-state index contributed by atoms with van der Waals surface area (Å²) >= 11 is 0. The summed E-state index contributed by atoms with van der Waals surface area (Å²) in [5.74, 6) is -0.314. The molecule has 116 valence electrons. The third kappa shape index (κ3) is 2.34. The lowest BCUT2D eigenvalue weighted by molar-refractivity contribution is -0.355. The van der Waals surface area contributed by atoms with Crippen LogP contribution in [0, 0.1) is 5.21 Å². The van der Waals surface area contributed by atoms with Crippen molar-refractivity contribution in [2.24, 2.45) is 0 Å². The largest absolute Gasteiger partial charge is 0.618 e. The molecule has 0 radical (unpaired) electrons. The second kappa shape index (κ2) is 5.57. The van der Waals surface area contributed by atoms with E-state index < -0.39 is 5.97 Å². The summed E-state index contributed by atoms with van der Waals surface area (Å²) in [7, 11) is 2.79. The molecule has 0 amide bonds. The van der Waals surface area contributed by atoms with Crippen LogP contribution in [0.25, 0.3) is 0 Å². The maximum absolute atomic E-state index is 12.5. The molecule has 0 saturated carbocycles. The summed E-state index contributed by atoms with van der Waals surface area (Å²) in [5, 5.41) is 12.5. The van der Waals surface area contributed by atoms with E-state index in [4.69, 9.17) is 4.74 Å². The number of carbonyl (C=O) groups excluding carboxylic acids is 2. The predicted molar refractivity (Wildman–Crippen MR) is 82.5 cm³/mol. The molecule has 6 heteroatoms. The number of hydrogen-bond donors (Lipinski definition) is 0. The van der Waals surface area contributed by atoms with Crippen molar-refractivity contribution in [1.82, 2.24) is 0 Å². The lowest BCUT2D eigenvalue weighted by Crippen LogP contribution is -2.16. The van der Waals surface area contributed by atoms with Gasteiger partial charge in [-0.2, -0.15) is 4.74 Å². The van der Waals surface area contributed by atoms with Gasteiger partial charge in [-0.25, -0.2) is 4.79 Å². The van der Waals surface area contributed by atoms with Gasteiger partial charge >= 0.3 is 5.97 Å². The second-order valence-electron chi connectivity index (χ2n) is 4.92. The number of rotatable bonds is 3. The van der Waals surface area contributed by atoms with Crippen LogP contribution < -0.4 is 4.74 Å². The summed E-state index contributed by atoms with van der Waals surface area (Å²) in [6, 6.07) is 10.9. The Morgan fingerprint density at radius 1 is 1.09 bits per heavy atom. The number of fused-ring (bicyclic) bond motifs is 1. The maximum atomic E-state index is 12.5. The van der Waals surface area contributed by atoms with Crippen LogP contribution in [0.2, 0.25) is 0 Å². The fourth-order valence-corrected chi connectivity index (χ4v) is 2.47. The van der Waals surface area contributed by atoms with Crippen molar-refractivity contribution in [3.8, 4) is 5.75 Å². The molecule has 0 aliphatic carbocycles. The van der Waals surface area contributed by atoms with Crippen LogP contribution in [-0.4, -0.2) is 36.4 Å². The van der Waals surface area contributed by atoms with Crippen LogP contribution in [0.5, 0.6) is 5.75 Å². The zero-order valence-corrected chi connectivity index (χ0v) is 12.5. The molecule has 6 nitrogen and oxygen atoms in total. The van der Waals surface area contributed by atoms with E-state index in [9.17, 15) is 14.8 Å². The van der Waals surface area contributed by atoms with Crippen molar-refractivity contribution in [3.05, 3.63) is 64.4 Å². The molecule has 1 heterocycles. The Morgan fingerprint density at radius 3 is 2.39 bits per heavy atom. The van der Waals surface area contributed by atoms with Gasteiger partial charge in [0.2, 0.25) is 5.69 Å². The molecule has 1 aliphatic heterocycles. The van der Waals surface area contributed by atoms with Crippen molar-refractivity contribution in [3.63, 3.8) is 0 Å². The van der Waals surface area contributed by atoms with Crippen LogP contribution >= 0.6 is 0 Å². The molecule has 0 bridgehead atoms. The summed E-state index contributed by atoms with van der Waals surface area (Å²) in [5.41, 5.74) is 1.13. The molecule has 0 N–H and O–H groups in total. The first-order valence-electron chi connectivity index (χ1n) is 6.82. The fraction of sp³-hybridized carbons (Fsp3) is 0.118. The van der Waals surface area contributed by atoms with Gasteiger partial charge in [0.1, 0.15) is 11.3 Å². The van der Waals surface area contributed by atoms with Gasteiger partial charge in [0.25, 0.3) is 11.5 Å². The molecular formula is C17H13NO5. The molecule has 0 aromatic heterocycles. The Morgan fingerprint density at radius 2 is 1.78 bits per heavy atom. The number of esters is 1. The molecule has 0 atom stereocenters. The van der Waals surface area contributed by atoms with E-state index >= 15 is 0 Å². The zero-order valence-electron chi connectivity index (χ0n) is 12.5. The number of Topliss-reactive ketones (excluding diaryl/α,β-unsaturated/α-hetero) is 1. The van der Waals surface area contributed by atoms with Gasteiger partial charge in [-0.05, 0) is 36.4 Å². The zero-order chi connectivity index (χ0) is 16.6. The summed E-state index contributed by atoms with van der Waals surface area (Å²) in [4.78, 5) is 24.1. The summed E-state index contributed by atoms with van der Waals surface area (Å²) < 4.78 is 10.2. The van der Waals surface area contributed by atoms with Crippen molar-refractivity contribution >= 4 is 23.2 Å². The molecule has 2 aromatic carbocycles. The van der Waals surface area contributed by atoms with E-state index in [-0.39, 0.29) is 28.3 Å². The van der Waals surface area contributed by atoms with Crippen molar-refractivity contribution < 1.29 is 23.8 Å². The molecule has 1 aliphatic rings. The average molecular weight is 311 g/mol. The third-order valence-electron chi connectivity index (χ3n) is 3.66. The number of ether oxygens (including phenoxy) is 2. The van der Waals surface area contributed by atoms with Crippen LogP contribution in [-0.2, 0) is 4.74 Å². The van der Waals surface area contributed by atoms with Crippen LogP contribution in [0.4, 0.5) is 5.69 Å². The summed E-state index contributed by atoms with van der Waals surface area (Å²) in [6.45, 7) is 0. The Hall–Kier alpha value is -3.15. The smallest absolute Gasteiger partial charge is 0.338 e. The second-order valence-corrected chi connectivity index (χ2v) is 4.92. The van der Waals surface area contributed by atoms with Gasteiger partial charge < -0.3 is 14.7 Å². The van der Waals surface area contributed by atoms with Gasteiger partial charge in [-0.15, -0.1) is 0 Å². The molecule has 23 heavy (non-hydrogen) atoms. The topological polar surface area (TPSA) is 78.7 Å². The van der Waals surface area contributed by atoms with E-state index in [0.717, 1.165) is 0 Å². The normalized spacial score (nSPS) is 13.0. The molecule has 2 aromatic rings. The lowest BCUT2D eigenvalue weighted by Gasteiger charge is -2.04. The molecule has 0 spiro atoms. The minimum absolute atomic E-state index is 0.0182. The quantitative estimate of drug-likeness (QED) is 0.494. The first kappa shape index (κ1) is 14.8. The molecule has 0 fully saturated rings. The number of ketones is 1. The third-order valence-corrected chi connectivity index (χ3v) is 3.66. The highest BCUT2D eigenvalue weighted by molar-refractivity contribution is 6.52. The summed E-state index contributed by atoms with van der Waals surface area (Å²) in [6.07, 6.45) is 0. The van der Waals surface area contributed by atoms with Crippen molar-refractivity contribution in [1.29, 1.82) is 0 Å². The monoisotopic (exact) mass is 311 g/mol. The highest BCUT2D eigenvalue weighted by atomic mass is 16.5. The SMILES string of the molecule is COC(=O)c1ccc2c(c1)[N+]([O-])=C(c1ccc(OC)cc1)C2=O. The van der Waals surface area contributed by atoms with E-state index in [1.54, 1.807) is 24.3 Å². The Kier molecular flexibility index (Phi) is 3.57. The number of benzene rings is 2. The van der Waals surface area contributed by atoms with Gasteiger partial charge in [-0.1, -0.05) is 0 Å². The maximum Gasteiger partial charge on any atom is 0.338 e. The van der Waals surface area contributed by atoms with E-state index in [1.807, 2.05) is 0 Å². The van der Waals surface area contributed by atoms with E-state index in [2.05, 4.69) is 4.74 Å². The molecular weight excluding hydrogens is 298 g/mol.